The van der Waals surface area contributed by atoms with Gasteiger partial charge in [-0.1, -0.05) is 0 Å². The smallest absolute Gasteiger partial charge is 0.346 e. The second-order valence-electron chi connectivity index (χ2n) is 4.45. The Morgan fingerprint density at radius 2 is 1.91 bits per heavy atom. The van der Waals surface area contributed by atoms with E-state index in [2.05, 4.69) is 5.32 Å². The molecule has 0 fully saturated rings. The van der Waals surface area contributed by atoms with E-state index in [4.69, 9.17) is 14.6 Å². The topological polar surface area (TPSA) is 84.9 Å². The molecule has 0 unspecified atom stereocenters. The highest BCUT2D eigenvalue weighted by Gasteiger charge is 2.17. The number of halogens is 1. The van der Waals surface area contributed by atoms with Gasteiger partial charge in [-0.05, 0) is 51.7 Å². The summed E-state index contributed by atoms with van der Waals surface area (Å²) in [5, 5.41) is 13.5. The number of methoxy groups -OCH3 is 2. The van der Waals surface area contributed by atoms with Crippen molar-refractivity contribution in [1.29, 1.82) is 0 Å². The maximum atomic E-state index is 12.4. The number of amides is 1. The monoisotopic (exact) mass is 447 g/mol. The zero-order valence-electron chi connectivity index (χ0n) is 12.4. The average molecular weight is 447 g/mol. The van der Waals surface area contributed by atoms with Crippen LogP contribution in [0.3, 0.4) is 0 Å². The third kappa shape index (κ3) is 3.94. The number of nitrogens with one attached hydrogen (secondary N) is 1. The van der Waals surface area contributed by atoms with Crippen LogP contribution in [0.4, 0.5) is 0 Å². The molecule has 6 nitrogen and oxygen atoms in total. The Hall–Kier alpha value is -1.81. The van der Waals surface area contributed by atoms with Gasteiger partial charge in [0, 0.05) is 10.1 Å². The molecule has 1 aromatic heterocycles. The zero-order valence-corrected chi connectivity index (χ0v) is 15.4. The third-order valence-corrected chi connectivity index (χ3v) is 4.94. The first-order chi connectivity index (χ1) is 11.0. The van der Waals surface area contributed by atoms with Gasteiger partial charge in [-0.25, -0.2) is 4.79 Å². The molecule has 122 valence electrons. The highest BCUT2D eigenvalue weighted by molar-refractivity contribution is 14.1. The average Bonchev–Trinajstić information content (AvgIpc) is 3.01. The quantitative estimate of drug-likeness (QED) is 0.666. The van der Waals surface area contributed by atoms with Crippen LogP contribution in [0.2, 0.25) is 0 Å². The molecule has 0 spiro atoms. The molecule has 0 saturated carbocycles. The predicted molar refractivity (Wildman–Crippen MR) is 94.7 cm³/mol. The van der Waals surface area contributed by atoms with E-state index in [1.807, 2.05) is 22.6 Å². The number of carbonyl (C=O) groups excluding carboxylic acids is 1. The molecule has 0 bridgehead atoms. The Bertz CT molecular complexity index is 743. The summed E-state index contributed by atoms with van der Waals surface area (Å²) in [6, 6.07) is 5.00. The first-order valence-electron chi connectivity index (χ1n) is 6.47. The minimum absolute atomic E-state index is 0.147. The fraction of sp³-hybridized carbons (Fsp3) is 0.200. The predicted octanol–water partition coefficient (Wildman–Crippen LogP) is 3.00. The van der Waals surface area contributed by atoms with E-state index in [1.165, 1.54) is 14.2 Å². The van der Waals surface area contributed by atoms with E-state index in [1.54, 1.807) is 23.6 Å². The maximum absolute atomic E-state index is 12.4. The highest BCUT2D eigenvalue weighted by atomic mass is 127. The molecular weight excluding hydrogens is 433 g/mol. The van der Waals surface area contributed by atoms with Crippen molar-refractivity contribution in [2.24, 2.45) is 0 Å². The van der Waals surface area contributed by atoms with Crippen molar-refractivity contribution in [3.63, 3.8) is 0 Å². The molecule has 1 amide bonds. The summed E-state index contributed by atoms with van der Waals surface area (Å²) < 4.78 is 11.1. The van der Waals surface area contributed by atoms with Crippen LogP contribution in [-0.2, 0) is 6.54 Å². The normalized spacial score (nSPS) is 10.2. The van der Waals surface area contributed by atoms with Crippen molar-refractivity contribution in [3.8, 4) is 11.5 Å². The summed E-state index contributed by atoms with van der Waals surface area (Å²) in [6.45, 7) is 0.147. The Kier molecular flexibility index (Phi) is 5.83. The van der Waals surface area contributed by atoms with Crippen LogP contribution in [0.1, 0.15) is 25.6 Å². The van der Waals surface area contributed by atoms with Crippen LogP contribution in [0, 0.1) is 3.57 Å². The lowest BCUT2D eigenvalue weighted by molar-refractivity contribution is 0.0700. The second-order valence-corrected chi connectivity index (χ2v) is 6.53. The van der Waals surface area contributed by atoms with E-state index in [9.17, 15) is 9.59 Å². The van der Waals surface area contributed by atoms with Gasteiger partial charge in [0.25, 0.3) is 5.91 Å². The molecule has 0 aliphatic heterocycles. The SMILES string of the molecule is COc1cc(I)c(C(=O)NCc2ccsc2C(=O)O)cc1OC. The Morgan fingerprint density at radius 3 is 2.52 bits per heavy atom. The van der Waals surface area contributed by atoms with Crippen molar-refractivity contribution < 1.29 is 24.2 Å². The molecule has 0 atom stereocenters. The van der Waals surface area contributed by atoms with E-state index in [0.29, 0.717) is 26.2 Å². The number of thiophene rings is 1. The Balaban J connectivity index is 2.18. The van der Waals surface area contributed by atoms with Gasteiger partial charge in [-0.2, -0.15) is 0 Å². The fourth-order valence-electron chi connectivity index (χ4n) is 1.96. The van der Waals surface area contributed by atoms with Gasteiger partial charge >= 0.3 is 5.97 Å². The molecule has 0 radical (unpaired) electrons. The van der Waals surface area contributed by atoms with Gasteiger partial charge in [-0.3, -0.25) is 4.79 Å². The number of carboxylic acid groups (broad SMARTS) is 1. The van der Waals surface area contributed by atoms with Crippen LogP contribution in [0.25, 0.3) is 0 Å². The summed E-state index contributed by atoms with van der Waals surface area (Å²) in [4.78, 5) is 23.7. The number of carboxylic acids is 1. The number of hydrogen-bond acceptors (Lipinski definition) is 5. The molecule has 2 rings (SSSR count). The lowest BCUT2D eigenvalue weighted by Crippen LogP contribution is -2.24. The zero-order chi connectivity index (χ0) is 17.0. The molecule has 1 heterocycles. The van der Waals surface area contributed by atoms with Crippen LogP contribution >= 0.6 is 33.9 Å². The Morgan fingerprint density at radius 1 is 1.26 bits per heavy atom. The minimum Gasteiger partial charge on any atom is -0.493 e. The van der Waals surface area contributed by atoms with Gasteiger partial charge in [0.2, 0.25) is 0 Å². The molecule has 2 N–H and O–H groups in total. The molecule has 8 heteroatoms. The molecule has 0 saturated heterocycles. The number of rotatable bonds is 6. The van der Waals surface area contributed by atoms with Gasteiger partial charge in [0.1, 0.15) is 4.88 Å². The molecular formula is C15H14INO5S. The van der Waals surface area contributed by atoms with Gasteiger partial charge in [-0.15, -0.1) is 11.3 Å². The van der Waals surface area contributed by atoms with Crippen molar-refractivity contribution in [1.82, 2.24) is 5.32 Å². The van der Waals surface area contributed by atoms with Gasteiger partial charge < -0.3 is 19.9 Å². The lowest BCUT2D eigenvalue weighted by Gasteiger charge is -2.12. The van der Waals surface area contributed by atoms with Crippen LogP contribution in [-0.4, -0.2) is 31.2 Å². The third-order valence-electron chi connectivity index (χ3n) is 3.10. The number of benzene rings is 1. The van der Waals surface area contributed by atoms with Crippen molar-refractivity contribution in [3.05, 3.63) is 43.2 Å². The number of ether oxygens (including phenoxy) is 2. The van der Waals surface area contributed by atoms with Gasteiger partial charge in [0.05, 0.1) is 19.8 Å². The van der Waals surface area contributed by atoms with Crippen molar-refractivity contribution in [2.45, 2.75) is 6.54 Å². The molecule has 23 heavy (non-hydrogen) atoms. The summed E-state index contributed by atoms with van der Waals surface area (Å²) in [5.74, 6) is -0.304. The van der Waals surface area contributed by atoms with Crippen molar-refractivity contribution in [2.75, 3.05) is 14.2 Å². The summed E-state index contributed by atoms with van der Waals surface area (Å²) >= 11 is 3.17. The van der Waals surface area contributed by atoms with E-state index < -0.39 is 5.97 Å². The lowest BCUT2D eigenvalue weighted by atomic mass is 10.1. The number of hydrogen-bond donors (Lipinski definition) is 2. The molecule has 0 aliphatic rings. The maximum Gasteiger partial charge on any atom is 0.346 e. The molecule has 1 aromatic carbocycles. The summed E-state index contributed by atoms with van der Waals surface area (Å²) in [6.07, 6.45) is 0. The van der Waals surface area contributed by atoms with E-state index >= 15 is 0 Å². The summed E-state index contributed by atoms with van der Waals surface area (Å²) in [5.41, 5.74) is 1.02. The highest BCUT2D eigenvalue weighted by Crippen LogP contribution is 2.31. The van der Waals surface area contributed by atoms with Gasteiger partial charge in [0.15, 0.2) is 11.5 Å². The minimum atomic E-state index is -0.995. The van der Waals surface area contributed by atoms with Crippen LogP contribution < -0.4 is 14.8 Å². The van der Waals surface area contributed by atoms with E-state index in [0.717, 1.165) is 11.3 Å². The van der Waals surface area contributed by atoms with Crippen molar-refractivity contribution >= 4 is 45.8 Å². The Labute approximate surface area is 150 Å². The number of aromatic carboxylic acids is 1. The largest absolute Gasteiger partial charge is 0.493 e. The first kappa shape index (κ1) is 17.5. The summed E-state index contributed by atoms with van der Waals surface area (Å²) in [7, 11) is 3.02. The van der Waals surface area contributed by atoms with Crippen LogP contribution in [0.5, 0.6) is 11.5 Å². The van der Waals surface area contributed by atoms with E-state index in [-0.39, 0.29) is 17.3 Å². The molecule has 0 aliphatic carbocycles. The molecule has 2 aromatic rings. The second kappa shape index (κ2) is 7.64. The van der Waals surface area contributed by atoms with Crippen LogP contribution in [0.15, 0.2) is 23.6 Å². The first-order valence-corrected chi connectivity index (χ1v) is 8.43. The standard InChI is InChI=1S/C15H14INO5S/c1-21-11-5-9(10(16)6-12(11)22-2)14(18)17-7-8-3-4-23-13(8)15(19)20/h3-6H,7H2,1-2H3,(H,17,18)(H,19,20). The fourth-order valence-corrected chi connectivity index (χ4v) is 3.41. The number of carbonyl (C=O) groups is 2.